The van der Waals surface area contributed by atoms with E-state index >= 15 is 0 Å². The minimum Gasteiger partial charge on any atom is -0.493 e. The number of rotatable bonds is 3. The molecular weight excluding hydrogens is 366 g/mol. The van der Waals surface area contributed by atoms with Gasteiger partial charge in [0.05, 0.1) is 25.0 Å². The van der Waals surface area contributed by atoms with E-state index in [2.05, 4.69) is 35.4 Å². The number of fused-ring (bicyclic) bond motifs is 4. The minimum absolute atomic E-state index is 0.276. The Kier molecular flexibility index (Phi) is 3.28. The molecule has 0 atom stereocenters. The maximum Gasteiger partial charge on any atom is 0.231 e. The molecule has 3 heterocycles. The van der Waals surface area contributed by atoms with Crippen molar-refractivity contribution in [3.63, 3.8) is 0 Å². The number of ether oxygens (including phenoxy) is 4. The summed E-state index contributed by atoms with van der Waals surface area (Å²) >= 11 is 0. The molecule has 5 nitrogen and oxygen atoms in total. The molecule has 0 saturated carbocycles. The van der Waals surface area contributed by atoms with Crippen LogP contribution >= 0.6 is 0 Å². The van der Waals surface area contributed by atoms with Crippen molar-refractivity contribution in [2.45, 2.75) is 13.0 Å². The second-order valence-electron chi connectivity index (χ2n) is 7.37. The van der Waals surface area contributed by atoms with Gasteiger partial charge in [-0.3, -0.25) is 0 Å². The number of hydrogen-bond acceptors (Lipinski definition) is 4. The van der Waals surface area contributed by atoms with E-state index in [0.717, 1.165) is 57.8 Å². The molecule has 6 rings (SSSR count). The molecule has 2 aliphatic heterocycles. The van der Waals surface area contributed by atoms with Gasteiger partial charge in [0, 0.05) is 23.3 Å². The lowest BCUT2D eigenvalue weighted by Crippen LogP contribution is -2.41. The van der Waals surface area contributed by atoms with Gasteiger partial charge in [-0.15, -0.1) is 0 Å². The summed E-state index contributed by atoms with van der Waals surface area (Å²) in [5.74, 6) is 3.14. The number of benzene rings is 3. The molecule has 144 valence electrons. The van der Waals surface area contributed by atoms with E-state index in [0.29, 0.717) is 0 Å². The van der Waals surface area contributed by atoms with Gasteiger partial charge in [0.2, 0.25) is 18.0 Å². The zero-order valence-electron chi connectivity index (χ0n) is 16.4. The van der Waals surface area contributed by atoms with Crippen LogP contribution in [-0.4, -0.2) is 21.0 Å². The molecule has 5 heteroatoms. The van der Waals surface area contributed by atoms with Crippen molar-refractivity contribution in [1.29, 1.82) is 0 Å². The zero-order valence-corrected chi connectivity index (χ0v) is 16.4. The van der Waals surface area contributed by atoms with Crippen molar-refractivity contribution in [3.8, 4) is 23.0 Å². The molecule has 0 spiro atoms. The Balaban J connectivity index is 1.89. The smallest absolute Gasteiger partial charge is 0.231 e. The zero-order chi connectivity index (χ0) is 19.7. The van der Waals surface area contributed by atoms with Crippen LogP contribution in [0.15, 0.2) is 36.9 Å². The Hall–Kier alpha value is -3.47. The van der Waals surface area contributed by atoms with E-state index in [1.807, 2.05) is 12.1 Å². The molecule has 0 radical (unpaired) electrons. The van der Waals surface area contributed by atoms with Gasteiger partial charge in [-0.05, 0) is 35.9 Å². The van der Waals surface area contributed by atoms with Crippen LogP contribution in [0.25, 0.3) is 38.5 Å². The molecule has 0 amide bonds. The van der Waals surface area contributed by atoms with Crippen LogP contribution in [0.5, 0.6) is 23.0 Å². The van der Waals surface area contributed by atoms with Crippen LogP contribution in [0.1, 0.15) is 11.3 Å². The number of pyridine rings is 1. The number of aromatic nitrogens is 1. The number of nitrogens with zero attached hydrogens (tertiary/aromatic N) is 1. The third-order valence-electron chi connectivity index (χ3n) is 6.14. The Labute approximate surface area is 167 Å². The van der Waals surface area contributed by atoms with E-state index < -0.39 is 0 Å². The first-order chi connectivity index (χ1) is 14.3. The predicted octanol–water partition coefficient (Wildman–Crippen LogP) is 4.38. The average Bonchev–Trinajstić information content (AvgIpc) is 3.24. The average molecular weight is 386 g/mol. The molecule has 2 aliphatic rings. The van der Waals surface area contributed by atoms with Gasteiger partial charge in [-0.25, -0.2) is 0 Å². The SMILES string of the molecule is C=Cc1c2c(OC)c(OC)ccc2c2ccc3c4c(cc5c3c2[n+]1CC5)OCO4. The summed E-state index contributed by atoms with van der Waals surface area (Å²) in [6, 6.07) is 10.5. The van der Waals surface area contributed by atoms with Gasteiger partial charge < -0.3 is 18.9 Å². The van der Waals surface area contributed by atoms with Crippen LogP contribution < -0.4 is 23.5 Å². The van der Waals surface area contributed by atoms with Crippen molar-refractivity contribution in [2.75, 3.05) is 21.0 Å². The Morgan fingerprint density at radius 3 is 2.62 bits per heavy atom. The van der Waals surface area contributed by atoms with Crippen LogP contribution in [0, 0.1) is 0 Å². The predicted molar refractivity (Wildman–Crippen MR) is 112 cm³/mol. The lowest BCUT2D eigenvalue weighted by molar-refractivity contribution is -0.671. The van der Waals surface area contributed by atoms with Gasteiger partial charge in [0.25, 0.3) is 0 Å². The van der Waals surface area contributed by atoms with Crippen molar-refractivity contribution in [1.82, 2.24) is 0 Å². The van der Waals surface area contributed by atoms with Crippen LogP contribution in [0.2, 0.25) is 0 Å². The number of aryl methyl sites for hydroxylation is 2. The van der Waals surface area contributed by atoms with Crippen LogP contribution in [0.4, 0.5) is 0 Å². The largest absolute Gasteiger partial charge is 0.493 e. The molecule has 0 saturated heterocycles. The van der Waals surface area contributed by atoms with Crippen LogP contribution in [0.3, 0.4) is 0 Å². The van der Waals surface area contributed by atoms with Gasteiger partial charge in [-0.2, -0.15) is 4.57 Å². The first-order valence-electron chi connectivity index (χ1n) is 9.67. The second kappa shape index (κ2) is 5.77. The summed E-state index contributed by atoms with van der Waals surface area (Å²) in [7, 11) is 3.35. The Morgan fingerprint density at radius 1 is 1.00 bits per heavy atom. The molecule has 0 fully saturated rings. The van der Waals surface area contributed by atoms with E-state index in [-0.39, 0.29) is 6.79 Å². The first-order valence-corrected chi connectivity index (χ1v) is 9.67. The summed E-state index contributed by atoms with van der Waals surface area (Å²) in [5.41, 5.74) is 3.54. The highest BCUT2D eigenvalue weighted by Crippen LogP contribution is 2.47. The Bertz CT molecular complexity index is 1370. The van der Waals surface area contributed by atoms with Crippen molar-refractivity contribution >= 4 is 38.5 Å². The van der Waals surface area contributed by atoms with Gasteiger partial charge >= 0.3 is 0 Å². The number of methoxy groups -OCH3 is 2. The van der Waals surface area contributed by atoms with Gasteiger partial charge in [0.15, 0.2) is 29.5 Å². The molecule has 0 N–H and O–H groups in total. The fourth-order valence-electron chi connectivity index (χ4n) is 4.97. The standard InChI is InChI=1S/C24H20NO4/c1-4-17-21-14(7-8-18(26-2)24(21)27-3)15-5-6-16-20-13(9-10-25(17)22(15)20)11-19-23(16)29-12-28-19/h4-8,11H,1,9-10,12H2,2-3H3/q+1. The maximum atomic E-state index is 5.80. The molecule has 29 heavy (non-hydrogen) atoms. The van der Waals surface area contributed by atoms with Gasteiger partial charge in [-0.1, -0.05) is 6.58 Å². The maximum absolute atomic E-state index is 5.80. The highest BCUT2D eigenvalue weighted by Gasteiger charge is 2.32. The first kappa shape index (κ1) is 16.5. The monoisotopic (exact) mass is 386 g/mol. The molecule has 0 aliphatic carbocycles. The summed E-state index contributed by atoms with van der Waals surface area (Å²) in [4.78, 5) is 0. The fourth-order valence-corrected chi connectivity index (χ4v) is 4.97. The lowest BCUT2D eigenvalue weighted by Gasteiger charge is -2.20. The molecule has 1 aromatic heterocycles. The summed E-state index contributed by atoms with van der Waals surface area (Å²) < 4.78 is 25.2. The normalized spacial score (nSPS) is 14.1. The molecule has 0 bridgehead atoms. The highest BCUT2D eigenvalue weighted by molar-refractivity contribution is 6.18. The van der Waals surface area contributed by atoms with Crippen molar-refractivity contribution < 1.29 is 23.5 Å². The van der Waals surface area contributed by atoms with Gasteiger partial charge in [0.1, 0.15) is 5.39 Å². The third kappa shape index (κ3) is 1.97. The summed E-state index contributed by atoms with van der Waals surface area (Å²) in [6.45, 7) is 5.26. The van der Waals surface area contributed by atoms with E-state index in [4.69, 9.17) is 18.9 Å². The van der Waals surface area contributed by atoms with Crippen molar-refractivity contribution in [2.24, 2.45) is 0 Å². The summed E-state index contributed by atoms with van der Waals surface area (Å²) in [6.07, 6.45) is 2.84. The second-order valence-corrected chi connectivity index (χ2v) is 7.37. The van der Waals surface area contributed by atoms with E-state index in [1.54, 1.807) is 14.2 Å². The number of hydrogen-bond donors (Lipinski definition) is 0. The topological polar surface area (TPSA) is 40.8 Å². The molecule has 4 aromatic rings. The fraction of sp³-hybridized carbons (Fsp3) is 0.208. The molecule has 3 aromatic carbocycles. The quantitative estimate of drug-likeness (QED) is 0.387. The van der Waals surface area contributed by atoms with Crippen molar-refractivity contribution in [3.05, 3.63) is 48.2 Å². The molecular formula is C24H20NO4+. The lowest BCUT2D eigenvalue weighted by atomic mass is 9.91. The third-order valence-corrected chi connectivity index (χ3v) is 6.14. The minimum atomic E-state index is 0.276. The molecule has 0 unspecified atom stereocenters. The van der Waals surface area contributed by atoms with Crippen LogP contribution in [-0.2, 0) is 13.0 Å². The summed E-state index contributed by atoms with van der Waals surface area (Å²) in [5, 5.41) is 5.66. The van der Waals surface area contributed by atoms with E-state index in [9.17, 15) is 0 Å². The highest BCUT2D eigenvalue weighted by atomic mass is 16.7. The Morgan fingerprint density at radius 2 is 1.83 bits per heavy atom. The van der Waals surface area contributed by atoms with E-state index in [1.165, 1.54) is 21.9 Å².